The number of rotatable bonds is 6. The van der Waals surface area contributed by atoms with Gasteiger partial charge in [0.2, 0.25) is 0 Å². The molecule has 158 valence electrons. The zero-order chi connectivity index (χ0) is 21.2. The molecule has 0 spiro atoms. The number of halogens is 1. The molecule has 2 aromatic carbocycles. The lowest BCUT2D eigenvalue weighted by atomic mass is 10.1. The number of nitrogens with one attached hydrogen (secondary N) is 1. The second-order valence-electron chi connectivity index (χ2n) is 8.01. The van der Waals surface area contributed by atoms with E-state index < -0.39 is 0 Å². The molecule has 0 bridgehead atoms. The van der Waals surface area contributed by atoms with Gasteiger partial charge in [-0.05, 0) is 66.4 Å². The molecule has 1 aliphatic rings. The molecule has 5 nitrogen and oxygen atoms in total. The van der Waals surface area contributed by atoms with E-state index in [1.807, 2.05) is 36.4 Å². The van der Waals surface area contributed by atoms with Gasteiger partial charge in [-0.3, -0.25) is 0 Å². The summed E-state index contributed by atoms with van der Waals surface area (Å²) in [7, 11) is 1.69. The highest BCUT2D eigenvalue weighted by Gasteiger charge is 2.24. The summed E-state index contributed by atoms with van der Waals surface area (Å²) in [6, 6.07) is 18.8. The summed E-state index contributed by atoms with van der Waals surface area (Å²) in [5.74, 6) is 1.71. The Hall–Kier alpha value is -3.05. The van der Waals surface area contributed by atoms with E-state index >= 15 is 0 Å². The predicted octanol–water partition coefficient (Wildman–Crippen LogP) is 6.49. The number of benzene rings is 2. The van der Waals surface area contributed by atoms with Crippen molar-refractivity contribution in [2.45, 2.75) is 38.3 Å². The van der Waals surface area contributed by atoms with Crippen LogP contribution in [0.1, 0.15) is 37.3 Å². The molecule has 5 rings (SSSR count). The molecule has 0 saturated heterocycles. The third-order valence-electron chi connectivity index (χ3n) is 6.08. The lowest BCUT2D eigenvalue weighted by Crippen LogP contribution is -2.08. The van der Waals surface area contributed by atoms with Crippen LogP contribution in [0.15, 0.2) is 60.9 Å². The van der Waals surface area contributed by atoms with Crippen LogP contribution >= 0.6 is 11.6 Å². The Balaban J connectivity index is 1.56. The van der Waals surface area contributed by atoms with E-state index in [4.69, 9.17) is 21.3 Å². The maximum Gasteiger partial charge on any atom is 0.146 e. The Bertz CT molecular complexity index is 1180. The summed E-state index contributed by atoms with van der Waals surface area (Å²) in [5.41, 5.74) is 4.49. The molecular weight excluding hydrogens is 408 g/mol. The maximum absolute atomic E-state index is 6.01. The number of ether oxygens (including phenoxy) is 1. The summed E-state index contributed by atoms with van der Waals surface area (Å²) in [5, 5.41) is 5.29. The first kappa shape index (κ1) is 19.9. The fraction of sp³-hybridized carbons (Fsp3) is 0.280. The van der Waals surface area contributed by atoms with Crippen molar-refractivity contribution in [2.75, 3.05) is 12.4 Å². The van der Waals surface area contributed by atoms with Crippen molar-refractivity contribution in [3.05, 3.63) is 71.5 Å². The fourth-order valence-electron chi connectivity index (χ4n) is 4.48. The van der Waals surface area contributed by atoms with Crippen LogP contribution in [-0.4, -0.2) is 21.6 Å². The molecule has 0 unspecified atom stereocenters. The van der Waals surface area contributed by atoms with Crippen LogP contribution in [0.4, 0.5) is 5.82 Å². The van der Waals surface area contributed by atoms with E-state index in [1.54, 1.807) is 13.4 Å². The molecule has 0 amide bonds. The van der Waals surface area contributed by atoms with Crippen molar-refractivity contribution in [1.82, 2.24) is 14.5 Å². The summed E-state index contributed by atoms with van der Waals surface area (Å²) >= 11 is 6.01. The van der Waals surface area contributed by atoms with Gasteiger partial charge in [-0.25, -0.2) is 9.97 Å². The van der Waals surface area contributed by atoms with Crippen LogP contribution < -0.4 is 10.1 Å². The van der Waals surface area contributed by atoms with Gasteiger partial charge in [0.15, 0.2) is 0 Å². The summed E-state index contributed by atoms with van der Waals surface area (Å²) < 4.78 is 7.76. The summed E-state index contributed by atoms with van der Waals surface area (Å²) in [6.45, 7) is 0.676. The van der Waals surface area contributed by atoms with E-state index in [-0.39, 0.29) is 0 Å². The molecule has 1 N–H and O–H groups in total. The van der Waals surface area contributed by atoms with Gasteiger partial charge in [0, 0.05) is 17.6 Å². The SMILES string of the molecule is COc1ccc(-c2cc3c(NCc4ccc(Cl)cc4)ncnc3n2C2CCCC2)cc1. The highest BCUT2D eigenvalue weighted by atomic mass is 35.5. The average molecular weight is 433 g/mol. The molecule has 2 aromatic heterocycles. The fourth-order valence-corrected chi connectivity index (χ4v) is 4.60. The van der Waals surface area contributed by atoms with Crippen molar-refractivity contribution in [3.8, 4) is 17.0 Å². The monoisotopic (exact) mass is 432 g/mol. The van der Waals surface area contributed by atoms with Gasteiger partial charge >= 0.3 is 0 Å². The molecular formula is C25H25ClN4O. The van der Waals surface area contributed by atoms with Gasteiger partial charge in [0.25, 0.3) is 0 Å². The van der Waals surface area contributed by atoms with Crippen molar-refractivity contribution >= 4 is 28.5 Å². The molecule has 0 atom stereocenters. The van der Waals surface area contributed by atoms with Crippen LogP contribution in [0.5, 0.6) is 5.75 Å². The van der Waals surface area contributed by atoms with Gasteiger partial charge in [-0.1, -0.05) is 36.6 Å². The Morgan fingerprint density at radius 3 is 2.48 bits per heavy atom. The average Bonchev–Trinajstić information content (AvgIpc) is 3.46. The highest BCUT2D eigenvalue weighted by Crippen LogP contribution is 2.39. The number of hydrogen-bond acceptors (Lipinski definition) is 4. The smallest absolute Gasteiger partial charge is 0.146 e. The van der Waals surface area contributed by atoms with Crippen LogP contribution in [0, 0.1) is 0 Å². The van der Waals surface area contributed by atoms with E-state index in [9.17, 15) is 0 Å². The quantitative estimate of drug-likeness (QED) is 0.378. The van der Waals surface area contributed by atoms with Crippen molar-refractivity contribution in [3.63, 3.8) is 0 Å². The van der Waals surface area contributed by atoms with Crippen molar-refractivity contribution in [2.24, 2.45) is 0 Å². The Labute approximate surface area is 187 Å². The van der Waals surface area contributed by atoms with Crippen LogP contribution in [0.3, 0.4) is 0 Å². The zero-order valence-electron chi connectivity index (χ0n) is 17.5. The number of aromatic nitrogens is 3. The van der Waals surface area contributed by atoms with Crippen molar-refractivity contribution < 1.29 is 4.74 Å². The van der Waals surface area contributed by atoms with Crippen molar-refractivity contribution in [1.29, 1.82) is 0 Å². The Kier molecular flexibility index (Phi) is 5.51. The molecule has 0 aliphatic heterocycles. The predicted molar refractivity (Wildman–Crippen MR) is 126 cm³/mol. The van der Waals surface area contributed by atoms with Crippen LogP contribution in [0.2, 0.25) is 5.02 Å². The largest absolute Gasteiger partial charge is 0.497 e. The lowest BCUT2D eigenvalue weighted by molar-refractivity contribution is 0.415. The van der Waals surface area contributed by atoms with Gasteiger partial charge in [0.1, 0.15) is 23.5 Å². The molecule has 31 heavy (non-hydrogen) atoms. The minimum Gasteiger partial charge on any atom is -0.497 e. The first-order valence-corrected chi connectivity index (χ1v) is 11.1. The van der Waals surface area contributed by atoms with E-state index in [2.05, 4.69) is 33.1 Å². The van der Waals surface area contributed by atoms with E-state index in [0.717, 1.165) is 38.8 Å². The minimum atomic E-state index is 0.466. The summed E-state index contributed by atoms with van der Waals surface area (Å²) in [6.07, 6.45) is 6.56. The second-order valence-corrected chi connectivity index (χ2v) is 8.44. The lowest BCUT2D eigenvalue weighted by Gasteiger charge is -2.17. The first-order chi connectivity index (χ1) is 15.2. The van der Waals surface area contributed by atoms with E-state index in [0.29, 0.717) is 12.6 Å². The molecule has 0 radical (unpaired) electrons. The van der Waals surface area contributed by atoms with Gasteiger partial charge in [-0.15, -0.1) is 0 Å². The van der Waals surface area contributed by atoms with Gasteiger partial charge in [-0.2, -0.15) is 0 Å². The number of nitrogens with zero attached hydrogens (tertiary/aromatic N) is 3. The number of fused-ring (bicyclic) bond motifs is 1. The van der Waals surface area contributed by atoms with E-state index in [1.165, 1.54) is 31.4 Å². The molecule has 1 aliphatic carbocycles. The van der Waals surface area contributed by atoms with Gasteiger partial charge in [0.05, 0.1) is 18.2 Å². The number of hydrogen-bond donors (Lipinski definition) is 1. The highest BCUT2D eigenvalue weighted by molar-refractivity contribution is 6.30. The molecule has 1 fully saturated rings. The summed E-state index contributed by atoms with van der Waals surface area (Å²) in [4.78, 5) is 9.26. The third-order valence-corrected chi connectivity index (χ3v) is 6.33. The normalized spacial score (nSPS) is 14.3. The van der Waals surface area contributed by atoms with Crippen LogP contribution in [-0.2, 0) is 6.54 Å². The first-order valence-electron chi connectivity index (χ1n) is 10.7. The van der Waals surface area contributed by atoms with Gasteiger partial charge < -0.3 is 14.6 Å². The topological polar surface area (TPSA) is 52.0 Å². The Morgan fingerprint density at radius 1 is 1.03 bits per heavy atom. The molecule has 4 aromatic rings. The zero-order valence-corrected chi connectivity index (χ0v) is 18.3. The Morgan fingerprint density at radius 2 is 1.77 bits per heavy atom. The molecule has 1 saturated carbocycles. The maximum atomic E-state index is 6.01. The standard InChI is InChI=1S/C25H25ClN4O/c1-31-21-12-8-18(9-13-21)23-14-22-24(27-15-17-6-10-19(26)11-7-17)28-16-29-25(22)30(23)20-4-2-3-5-20/h6-14,16,20H,2-5,15H2,1H3,(H,27,28,29). The molecule has 6 heteroatoms. The number of anilines is 1. The number of methoxy groups -OCH3 is 1. The second kappa shape index (κ2) is 8.60. The van der Waals surface area contributed by atoms with Crippen LogP contribution in [0.25, 0.3) is 22.3 Å². The molecule has 2 heterocycles. The third kappa shape index (κ3) is 3.98. The minimum absolute atomic E-state index is 0.466.